The second-order valence-electron chi connectivity index (χ2n) is 29.7. The number of unbranched alkanes of at least 4 members (excludes halogenated alkanes) is 38. The highest BCUT2D eigenvalue weighted by molar-refractivity contribution is 7.86. The van der Waals surface area contributed by atoms with Crippen molar-refractivity contribution in [2.45, 2.75) is 430 Å². The number of rotatable bonds is 73. The van der Waals surface area contributed by atoms with Gasteiger partial charge >= 0.3 is 0 Å². The van der Waals surface area contributed by atoms with E-state index in [1.54, 1.807) is 24.3 Å². The lowest BCUT2D eigenvalue weighted by Gasteiger charge is -2.29. The Morgan fingerprint density at radius 2 is 0.556 bits per heavy atom. The molecule has 0 bridgehead atoms. The third-order valence-electron chi connectivity index (χ3n) is 19.9. The molecular formula is C92H165NO5S. The van der Waals surface area contributed by atoms with Gasteiger partial charge in [-0.1, -0.05) is 329 Å². The van der Waals surface area contributed by atoms with E-state index in [1.807, 2.05) is 6.92 Å². The lowest BCUT2D eigenvalue weighted by atomic mass is 9.85. The number of aryl methyl sites for hydroxylation is 1. The van der Waals surface area contributed by atoms with E-state index in [2.05, 4.69) is 144 Å². The largest absolute Gasteiger partial charge is 0.390 e. The molecule has 0 unspecified atom stereocenters. The predicted molar refractivity (Wildman–Crippen MR) is 441 cm³/mol. The molecule has 0 aliphatic carbocycles. The summed E-state index contributed by atoms with van der Waals surface area (Å²) in [6, 6.07) is 6.78. The third-order valence-corrected chi connectivity index (χ3v) is 21.3. The highest BCUT2D eigenvalue weighted by atomic mass is 32.2. The molecule has 0 saturated carbocycles. The van der Waals surface area contributed by atoms with E-state index in [0.717, 1.165) is 102 Å². The van der Waals surface area contributed by atoms with Gasteiger partial charge in [-0.15, -0.1) is 0 Å². The standard InChI is InChI=1S/C48H82O4S.C44H83NO/c1-4-6-8-10-12-14-16-18-20-22-24-26-28-30-32-34-42-48(49,44-36-37-45-52-53(50,51)47-40-38-46(3)39-41-47)43-35-33-31-29-27-25-23-21-19-17-15-13-11-9-7-5-2;1-5-8-10-12-14-16-18-20-22-24-26-28-30-32-34-36-40-44(46,42-38-39-43-45(4)7-3)41-37-35-33-31-29-27-25-23-21-19-17-15-13-11-9-6-2/h12-15,18-21,38-41,49H,4-11,16-17,22-37,42-45H2,1-3H3;14-17,20-23,46H,5-13,18-19,24-43H2,1-4H3/b14-12-,15-13-,20-18-,21-19-;16-14-,17-15-,22-20-,23-21-. The maximum atomic E-state index is 12.6. The summed E-state index contributed by atoms with van der Waals surface area (Å²) in [5, 5.41) is 23.3. The number of nitrogens with zero attached hydrogens (tertiary/aromatic N) is 1. The molecule has 574 valence electrons. The van der Waals surface area contributed by atoms with Gasteiger partial charge in [-0.2, -0.15) is 8.42 Å². The lowest BCUT2D eigenvalue weighted by molar-refractivity contribution is 0.00621. The number of aliphatic hydroxyl groups is 2. The first-order valence-corrected chi connectivity index (χ1v) is 44.1. The molecule has 1 rings (SSSR count). The number of hydrogen-bond donors (Lipinski definition) is 2. The summed E-state index contributed by atoms with van der Waals surface area (Å²) in [5.74, 6) is 0. The van der Waals surface area contributed by atoms with Gasteiger partial charge in [-0.05, 0) is 232 Å². The molecule has 1 aromatic carbocycles. The van der Waals surface area contributed by atoms with E-state index in [0.29, 0.717) is 12.8 Å². The lowest BCUT2D eigenvalue weighted by Crippen LogP contribution is -2.29. The van der Waals surface area contributed by atoms with E-state index >= 15 is 0 Å². The Morgan fingerprint density at radius 1 is 0.323 bits per heavy atom. The maximum Gasteiger partial charge on any atom is 0.296 e. The van der Waals surface area contributed by atoms with Gasteiger partial charge in [0, 0.05) is 0 Å². The van der Waals surface area contributed by atoms with Crippen LogP contribution in [0.5, 0.6) is 0 Å². The van der Waals surface area contributed by atoms with Gasteiger partial charge in [0.2, 0.25) is 0 Å². The van der Waals surface area contributed by atoms with Crippen LogP contribution in [0.4, 0.5) is 0 Å². The van der Waals surface area contributed by atoms with Crippen LogP contribution in [0.1, 0.15) is 413 Å². The molecule has 0 heterocycles. The maximum absolute atomic E-state index is 12.6. The van der Waals surface area contributed by atoms with Crippen molar-refractivity contribution >= 4 is 10.1 Å². The molecule has 7 heteroatoms. The summed E-state index contributed by atoms with van der Waals surface area (Å²) in [5.41, 5.74) is -0.0851. The molecular weight excluding hydrogens is 1230 g/mol. The Hall–Kier alpha value is -3.07. The van der Waals surface area contributed by atoms with Crippen molar-refractivity contribution < 1.29 is 22.8 Å². The third kappa shape index (κ3) is 69.1. The second-order valence-corrected chi connectivity index (χ2v) is 31.3. The van der Waals surface area contributed by atoms with Crippen molar-refractivity contribution in [1.29, 1.82) is 0 Å². The quantitative estimate of drug-likeness (QED) is 0.0384. The predicted octanol–water partition coefficient (Wildman–Crippen LogP) is 29.3. The fourth-order valence-corrected chi connectivity index (χ4v) is 14.0. The molecule has 0 saturated heterocycles. The number of benzene rings is 1. The summed E-state index contributed by atoms with van der Waals surface area (Å²) in [4.78, 5) is 2.60. The van der Waals surface area contributed by atoms with Crippen molar-refractivity contribution in [2.75, 3.05) is 26.7 Å². The van der Waals surface area contributed by atoms with Crippen LogP contribution in [0.25, 0.3) is 0 Å². The first-order chi connectivity index (χ1) is 48.4. The summed E-state index contributed by atoms with van der Waals surface area (Å²) in [7, 11) is -1.54. The van der Waals surface area contributed by atoms with Crippen molar-refractivity contribution in [3.05, 3.63) is 127 Å². The molecule has 0 radical (unpaired) electrons. The molecule has 99 heavy (non-hydrogen) atoms. The van der Waals surface area contributed by atoms with Gasteiger partial charge in [0.05, 0.1) is 22.7 Å². The van der Waals surface area contributed by atoms with E-state index in [4.69, 9.17) is 4.18 Å². The SMILES string of the molecule is CCCCC/C=C\C/C=C\CCCCCCCCC(O)(CCCCCCCC/C=C\C/C=C\CCCCC)CCCCN(C)CC.CCCCC/C=C\C/C=C\CCCCCCCCC(O)(CCCCCCCC/C=C\C/C=C\CCCCC)CCCCOS(=O)(=O)c1ccc(C)cc1. The highest BCUT2D eigenvalue weighted by Gasteiger charge is 2.27. The monoisotopic (exact) mass is 1400 g/mol. The first kappa shape index (κ1) is 95.9. The highest BCUT2D eigenvalue weighted by Crippen LogP contribution is 2.31. The van der Waals surface area contributed by atoms with Crippen LogP contribution in [-0.2, 0) is 14.3 Å². The van der Waals surface area contributed by atoms with Crippen molar-refractivity contribution in [2.24, 2.45) is 0 Å². The number of hydrogen-bond acceptors (Lipinski definition) is 6. The smallest absolute Gasteiger partial charge is 0.296 e. The number of allylic oxidation sites excluding steroid dienone is 16. The van der Waals surface area contributed by atoms with Crippen LogP contribution in [0, 0.1) is 6.92 Å². The summed E-state index contributed by atoms with van der Waals surface area (Å²) < 4.78 is 30.5. The van der Waals surface area contributed by atoms with E-state index in [1.165, 1.54) is 276 Å². The van der Waals surface area contributed by atoms with E-state index in [9.17, 15) is 18.6 Å². The van der Waals surface area contributed by atoms with Crippen molar-refractivity contribution in [1.82, 2.24) is 4.90 Å². The minimum atomic E-state index is -3.75. The van der Waals surface area contributed by atoms with E-state index in [-0.39, 0.29) is 11.5 Å². The normalized spacial score (nSPS) is 12.8. The van der Waals surface area contributed by atoms with Crippen molar-refractivity contribution in [3.63, 3.8) is 0 Å². The van der Waals surface area contributed by atoms with Gasteiger partial charge in [0.25, 0.3) is 10.1 Å². The molecule has 6 nitrogen and oxygen atoms in total. The Kier molecular flexibility index (Phi) is 72.3. The second kappa shape index (κ2) is 74.6. The Labute approximate surface area is 618 Å². The van der Waals surface area contributed by atoms with Gasteiger partial charge in [-0.3, -0.25) is 4.18 Å². The molecule has 0 atom stereocenters. The topological polar surface area (TPSA) is 87.1 Å². The van der Waals surface area contributed by atoms with Crippen LogP contribution in [-0.4, -0.2) is 61.5 Å². The Bertz CT molecular complexity index is 2090. The van der Waals surface area contributed by atoms with Crippen LogP contribution in [0.2, 0.25) is 0 Å². The average Bonchev–Trinajstić information content (AvgIpc) is 0.872. The Morgan fingerprint density at radius 3 is 0.818 bits per heavy atom. The molecule has 1 aromatic rings. The van der Waals surface area contributed by atoms with E-state index < -0.39 is 21.3 Å². The fraction of sp³-hybridized carbons (Fsp3) is 0.761. The average molecular weight is 1400 g/mol. The minimum absolute atomic E-state index is 0.155. The van der Waals surface area contributed by atoms with Crippen LogP contribution >= 0.6 is 0 Å². The van der Waals surface area contributed by atoms with Crippen molar-refractivity contribution in [3.8, 4) is 0 Å². The molecule has 2 N–H and O–H groups in total. The molecule has 0 amide bonds. The molecule has 0 fully saturated rings. The molecule has 0 spiro atoms. The summed E-state index contributed by atoms with van der Waals surface area (Å²) in [6.07, 6.45) is 107. The van der Waals surface area contributed by atoms with Gasteiger partial charge in [0.15, 0.2) is 0 Å². The van der Waals surface area contributed by atoms with Crippen LogP contribution in [0.15, 0.2) is 126 Å². The van der Waals surface area contributed by atoms with Crippen LogP contribution in [0.3, 0.4) is 0 Å². The van der Waals surface area contributed by atoms with Gasteiger partial charge in [0.1, 0.15) is 0 Å². The zero-order valence-electron chi connectivity index (χ0n) is 66.7. The minimum Gasteiger partial charge on any atom is -0.390 e. The van der Waals surface area contributed by atoms with Gasteiger partial charge < -0.3 is 15.1 Å². The zero-order valence-corrected chi connectivity index (χ0v) is 67.5. The van der Waals surface area contributed by atoms with Crippen LogP contribution < -0.4 is 0 Å². The van der Waals surface area contributed by atoms with Gasteiger partial charge in [-0.25, -0.2) is 0 Å². The molecule has 0 aromatic heterocycles. The first-order valence-electron chi connectivity index (χ1n) is 42.7. The summed E-state index contributed by atoms with van der Waals surface area (Å²) in [6.45, 7) is 15.6. The fourth-order valence-electron chi connectivity index (χ4n) is 13.0. The Balaban J connectivity index is 0.00000196. The zero-order chi connectivity index (χ0) is 72.2. The molecule has 0 aliphatic rings. The summed E-state index contributed by atoms with van der Waals surface area (Å²) >= 11 is 0. The molecule has 0 aliphatic heterocycles.